The first-order valence-corrected chi connectivity index (χ1v) is 6.46. The number of ether oxygens (including phenoxy) is 1. The Balaban J connectivity index is 2.71. The van der Waals surface area contributed by atoms with E-state index in [0.717, 1.165) is 0 Å². The lowest BCUT2D eigenvalue weighted by atomic mass is 10.1. The second-order valence-corrected chi connectivity index (χ2v) is 4.67. The fourth-order valence-corrected chi connectivity index (χ4v) is 1.84. The first-order valence-electron chi connectivity index (χ1n) is 5.66. The number of hydrogen-bond acceptors (Lipinski definition) is 5. The molecule has 1 aromatic heterocycles. The van der Waals surface area contributed by atoms with Crippen LogP contribution in [-0.4, -0.2) is 41.1 Å². The third-order valence-corrected chi connectivity index (χ3v) is 3.08. The zero-order valence-electron chi connectivity index (χ0n) is 10.6. The number of carbonyl (C=O) groups excluding carboxylic acids is 2. The topological polar surface area (TPSA) is 106 Å². The number of esters is 1. The van der Waals surface area contributed by atoms with Crippen LogP contribution in [0.4, 0.5) is 0 Å². The highest BCUT2D eigenvalue weighted by Crippen LogP contribution is 2.13. The molecular weight excluding hydrogens is 332 g/mol. The molecule has 1 unspecified atom stereocenters. The Labute approximate surface area is 123 Å². The van der Waals surface area contributed by atoms with Crippen LogP contribution in [0.25, 0.3) is 0 Å². The Morgan fingerprint density at radius 1 is 1.50 bits per heavy atom. The molecule has 0 radical (unpaired) electrons. The lowest BCUT2D eigenvalue weighted by Gasteiger charge is -2.14. The van der Waals surface area contributed by atoms with Crippen LogP contribution in [0.3, 0.4) is 0 Å². The molecule has 0 aliphatic rings. The summed E-state index contributed by atoms with van der Waals surface area (Å²) in [5.74, 6) is -2.39. The van der Waals surface area contributed by atoms with Gasteiger partial charge < -0.3 is 15.2 Å². The van der Waals surface area contributed by atoms with Gasteiger partial charge >= 0.3 is 11.9 Å². The molecule has 0 aromatic carbocycles. The molecule has 0 bridgehead atoms. The van der Waals surface area contributed by atoms with Crippen molar-refractivity contribution in [3.05, 3.63) is 28.5 Å². The molecule has 1 rings (SSSR count). The summed E-state index contributed by atoms with van der Waals surface area (Å²) in [6.45, 7) is 0. The first kappa shape index (κ1) is 16.1. The molecule has 20 heavy (non-hydrogen) atoms. The first-order chi connectivity index (χ1) is 9.45. The quantitative estimate of drug-likeness (QED) is 0.745. The van der Waals surface area contributed by atoms with E-state index in [4.69, 9.17) is 5.11 Å². The van der Waals surface area contributed by atoms with E-state index >= 15 is 0 Å². The number of carboxylic acid groups (broad SMARTS) is 1. The highest BCUT2D eigenvalue weighted by molar-refractivity contribution is 9.10. The van der Waals surface area contributed by atoms with Crippen molar-refractivity contribution in [2.45, 2.75) is 18.9 Å². The summed E-state index contributed by atoms with van der Waals surface area (Å²) in [6, 6.07) is 2.06. The Morgan fingerprint density at radius 2 is 2.20 bits per heavy atom. The van der Waals surface area contributed by atoms with Crippen LogP contribution in [0.1, 0.15) is 23.3 Å². The van der Waals surface area contributed by atoms with Gasteiger partial charge in [0.05, 0.1) is 7.11 Å². The number of halogens is 1. The molecule has 1 amide bonds. The second kappa shape index (κ2) is 7.59. The van der Waals surface area contributed by atoms with E-state index in [1.54, 1.807) is 12.1 Å². The van der Waals surface area contributed by atoms with Gasteiger partial charge in [-0.3, -0.25) is 9.59 Å². The van der Waals surface area contributed by atoms with Gasteiger partial charge in [-0.15, -0.1) is 0 Å². The number of nitrogens with one attached hydrogen (secondary N) is 1. The average Bonchev–Trinajstić information content (AvgIpc) is 2.42. The molecule has 1 aromatic rings. The van der Waals surface area contributed by atoms with Crippen molar-refractivity contribution in [2.24, 2.45) is 0 Å². The highest BCUT2D eigenvalue weighted by atomic mass is 79.9. The number of nitrogens with zero attached hydrogens (tertiary/aromatic N) is 1. The van der Waals surface area contributed by atoms with Gasteiger partial charge in [0.2, 0.25) is 0 Å². The van der Waals surface area contributed by atoms with Gasteiger partial charge in [-0.25, -0.2) is 9.78 Å². The van der Waals surface area contributed by atoms with Crippen molar-refractivity contribution in [2.75, 3.05) is 7.11 Å². The number of carboxylic acids is 1. The molecule has 0 saturated carbocycles. The fourth-order valence-electron chi connectivity index (χ4n) is 1.40. The van der Waals surface area contributed by atoms with E-state index in [9.17, 15) is 14.4 Å². The second-order valence-electron chi connectivity index (χ2n) is 3.81. The molecule has 0 fully saturated rings. The summed E-state index contributed by atoms with van der Waals surface area (Å²) in [5, 5.41) is 11.3. The predicted octanol–water partition coefficient (Wildman–Crippen LogP) is 0.980. The number of methoxy groups -OCH3 is 1. The molecule has 7 nitrogen and oxygen atoms in total. The maximum atomic E-state index is 11.9. The summed E-state index contributed by atoms with van der Waals surface area (Å²) < 4.78 is 4.88. The zero-order chi connectivity index (χ0) is 15.1. The lowest BCUT2D eigenvalue weighted by molar-refractivity contribution is -0.142. The van der Waals surface area contributed by atoms with E-state index in [1.165, 1.54) is 13.3 Å². The van der Waals surface area contributed by atoms with E-state index in [0.29, 0.717) is 4.47 Å². The number of pyridine rings is 1. The maximum absolute atomic E-state index is 11.9. The summed E-state index contributed by atoms with van der Waals surface area (Å²) in [4.78, 5) is 37.8. The summed E-state index contributed by atoms with van der Waals surface area (Å²) in [6.07, 6.45) is 1.26. The van der Waals surface area contributed by atoms with Crippen molar-refractivity contribution >= 4 is 33.8 Å². The summed E-state index contributed by atoms with van der Waals surface area (Å²) in [5.41, 5.74) is 0.0804. The molecule has 0 spiro atoms. The molecule has 8 heteroatoms. The van der Waals surface area contributed by atoms with E-state index in [-0.39, 0.29) is 18.5 Å². The fraction of sp³-hybridized carbons (Fsp3) is 0.333. The zero-order valence-corrected chi connectivity index (χ0v) is 12.2. The van der Waals surface area contributed by atoms with Crippen LogP contribution < -0.4 is 5.32 Å². The molecule has 2 N–H and O–H groups in total. The average molecular weight is 345 g/mol. The maximum Gasteiger partial charge on any atom is 0.326 e. The lowest BCUT2D eigenvalue weighted by Crippen LogP contribution is -2.41. The number of carbonyl (C=O) groups is 3. The Bertz CT molecular complexity index is 520. The largest absolute Gasteiger partial charge is 0.480 e. The molecule has 1 heterocycles. The number of aromatic nitrogens is 1. The molecule has 0 saturated heterocycles. The van der Waals surface area contributed by atoms with Crippen LogP contribution in [-0.2, 0) is 14.3 Å². The van der Waals surface area contributed by atoms with Crippen LogP contribution in [0.15, 0.2) is 22.8 Å². The SMILES string of the molecule is COC(=O)CCC(NC(=O)c1ncccc1Br)C(=O)O. The smallest absolute Gasteiger partial charge is 0.326 e. The monoisotopic (exact) mass is 344 g/mol. The van der Waals surface area contributed by atoms with E-state index in [2.05, 4.69) is 31.0 Å². The predicted molar refractivity (Wildman–Crippen MR) is 72.1 cm³/mol. The third-order valence-electron chi connectivity index (χ3n) is 2.44. The van der Waals surface area contributed by atoms with Crippen LogP contribution in [0.5, 0.6) is 0 Å². The molecular formula is C12H13BrN2O5. The molecule has 1 atom stereocenters. The van der Waals surface area contributed by atoms with Crippen molar-refractivity contribution in [3.8, 4) is 0 Å². The number of amides is 1. The summed E-state index contributed by atoms with van der Waals surface area (Å²) in [7, 11) is 1.21. The number of rotatable bonds is 6. The van der Waals surface area contributed by atoms with Gasteiger partial charge in [-0.1, -0.05) is 0 Å². The van der Waals surface area contributed by atoms with Gasteiger partial charge in [-0.2, -0.15) is 0 Å². The highest BCUT2D eigenvalue weighted by Gasteiger charge is 2.23. The van der Waals surface area contributed by atoms with Crippen molar-refractivity contribution in [3.63, 3.8) is 0 Å². The van der Waals surface area contributed by atoms with Gasteiger partial charge in [-0.05, 0) is 34.5 Å². The number of aliphatic carboxylic acids is 1. The molecule has 0 aliphatic heterocycles. The van der Waals surface area contributed by atoms with Gasteiger partial charge in [0.15, 0.2) is 0 Å². The molecule has 0 aliphatic carbocycles. The van der Waals surface area contributed by atoms with Gasteiger partial charge in [0, 0.05) is 17.1 Å². The van der Waals surface area contributed by atoms with Crippen molar-refractivity contribution in [1.29, 1.82) is 0 Å². The van der Waals surface area contributed by atoms with Crippen molar-refractivity contribution < 1.29 is 24.2 Å². The minimum atomic E-state index is -1.23. The Kier molecular flexibility index (Phi) is 6.10. The number of hydrogen-bond donors (Lipinski definition) is 2. The van der Waals surface area contributed by atoms with Crippen LogP contribution in [0, 0.1) is 0 Å². The van der Waals surface area contributed by atoms with Crippen LogP contribution in [0.2, 0.25) is 0 Å². The summed E-state index contributed by atoms with van der Waals surface area (Å²) >= 11 is 3.15. The normalized spacial score (nSPS) is 11.5. The van der Waals surface area contributed by atoms with Crippen molar-refractivity contribution in [1.82, 2.24) is 10.3 Å². The minimum Gasteiger partial charge on any atom is -0.480 e. The standard InChI is InChI=1S/C12H13BrN2O5/c1-20-9(16)5-4-8(12(18)19)15-11(17)10-7(13)3-2-6-14-10/h2-3,6,8H,4-5H2,1H3,(H,15,17)(H,18,19). The van der Waals surface area contributed by atoms with Gasteiger partial charge in [0.25, 0.3) is 5.91 Å². The van der Waals surface area contributed by atoms with E-state index < -0.39 is 23.9 Å². The van der Waals surface area contributed by atoms with E-state index in [1.807, 2.05) is 0 Å². The Morgan fingerprint density at radius 3 is 2.75 bits per heavy atom. The van der Waals surface area contributed by atoms with Crippen LogP contribution >= 0.6 is 15.9 Å². The van der Waals surface area contributed by atoms with Gasteiger partial charge in [0.1, 0.15) is 11.7 Å². The molecule has 108 valence electrons. The minimum absolute atomic E-state index is 0.0573. The Hall–Kier alpha value is -1.96. The third kappa shape index (κ3) is 4.61.